The summed E-state index contributed by atoms with van der Waals surface area (Å²) in [5, 5.41) is 12.0. The fourth-order valence-corrected chi connectivity index (χ4v) is 2.23. The lowest BCUT2D eigenvalue weighted by atomic mass is 10.00. The van der Waals surface area contributed by atoms with Crippen molar-refractivity contribution in [3.8, 4) is 0 Å². The van der Waals surface area contributed by atoms with Crippen LogP contribution in [0, 0.1) is 5.92 Å². The molecule has 0 radical (unpaired) electrons. The summed E-state index contributed by atoms with van der Waals surface area (Å²) >= 11 is 0. The molecule has 100 valence electrons. The fraction of sp³-hybridized carbons (Fsp3) is 0.917. The lowest BCUT2D eigenvalue weighted by molar-refractivity contribution is -0.140. The predicted molar refractivity (Wildman–Crippen MR) is 66.1 cm³/mol. The van der Waals surface area contributed by atoms with Gasteiger partial charge in [0.15, 0.2) is 0 Å². The van der Waals surface area contributed by atoms with E-state index in [0.717, 1.165) is 32.6 Å². The van der Waals surface area contributed by atoms with E-state index in [0.29, 0.717) is 19.0 Å². The van der Waals surface area contributed by atoms with Crippen LogP contribution in [0.2, 0.25) is 0 Å². The van der Waals surface area contributed by atoms with Gasteiger partial charge in [-0.05, 0) is 32.4 Å². The molecule has 0 saturated carbocycles. The molecule has 1 saturated heterocycles. The number of rotatable bonds is 7. The van der Waals surface area contributed by atoms with Gasteiger partial charge in [0.05, 0.1) is 0 Å². The predicted octanol–water partition coefficient (Wildman–Crippen LogP) is 0.408. The highest BCUT2D eigenvalue weighted by atomic mass is 16.5. The van der Waals surface area contributed by atoms with Crippen molar-refractivity contribution in [1.82, 2.24) is 10.2 Å². The maximum Gasteiger partial charge on any atom is 0.322 e. The van der Waals surface area contributed by atoms with Gasteiger partial charge in [-0.1, -0.05) is 6.92 Å². The first-order chi connectivity index (χ1) is 8.13. The number of carboxylic acid groups (broad SMARTS) is 1. The zero-order valence-corrected chi connectivity index (χ0v) is 10.8. The van der Waals surface area contributed by atoms with Crippen molar-refractivity contribution in [3.63, 3.8) is 0 Å². The zero-order valence-electron chi connectivity index (χ0n) is 10.8. The summed E-state index contributed by atoms with van der Waals surface area (Å²) in [6, 6.07) is -0.468. The van der Waals surface area contributed by atoms with E-state index in [1.54, 1.807) is 0 Å². The number of carboxylic acids is 1. The van der Waals surface area contributed by atoms with E-state index in [-0.39, 0.29) is 0 Å². The molecule has 1 heterocycles. The van der Waals surface area contributed by atoms with E-state index >= 15 is 0 Å². The van der Waals surface area contributed by atoms with Crippen molar-refractivity contribution in [2.45, 2.75) is 25.8 Å². The second kappa shape index (κ2) is 7.63. The van der Waals surface area contributed by atoms with E-state index < -0.39 is 12.0 Å². The molecule has 0 aromatic carbocycles. The van der Waals surface area contributed by atoms with Gasteiger partial charge in [0.1, 0.15) is 6.04 Å². The normalized spacial score (nSPS) is 19.5. The van der Waals surface area contributed by atoms with Crippen LogP contribution in [0.3, 0.4) is 0 Å². The van der Waals surface area contributed by atoms with Crippen molar-refractivity contribution >= 4 is 5.97 Å². The van der Waals surface area contributed by atoms with Crippen LogP contribution in [-0.2, 0) is 9.53 Å². The molecule has 0 aliphatic carbocycles. The maximum atomic E-state index is 11.0. The number of nitrogens with one attached hydrogen (secondary N) is 1. The van der Waals surface area contributed by atoms with Crippen LogP contribution < -0.4 is 5.32 Å². The van der Waals surface area contributed by atoms with Gasteiger partial charge in [0, 0.05) is 26.3 Å². The lowest BCUT2D eigenvalue weighted by Gasteiger charge is -2.28. The third-order valence-electron chi connectivity index (χ3n) is 3.15. The number of likely N-dealkylation sites (N-methyl/N-ethyl adjacent to an activating group) is 2. The molecule has 17 heavy (non-hydrogen) atoms. The molecule has 0 amide bonds. The van der Waals surface area contributed by atoms with Gasteiger partial charge in [0.2, 0.25) is 0 Å². The Balaban J connectivity index is 2.30. The molecule has 0 spiro atoms. The summed E-state index contributed by atoms with van der Waals surface area (Å²) in [6.45, 7) is 5.80. The van der Waals surface area contributed by atoms with Gasteiger partial charge >= 0.3 is 5.97 Å². The van der Waals surface area contributed by atoms with Gasteiger partial charge in [-0.3, -0.25) is 4.79 Å². The van der Waals surface area contributed by atoms with E-state index in [1.165, 1.54) is 0 Å². The van der Waals surface area contributed by atoms with Crippen LogP contribution in [-0.4, -0.2) is 61.9 Å². The van der Waals surface area contributed by atoms with Crippen LogP contribution in [0.15, 0.2) is 0 Å². The summed E-state index contributed by atoms with van der Waals surface area (Å²) in [6.07, 6.45) is 2.17. The minimum Gasteiger partial charge on any atom is -0.480 e. The number of nitrogens with zero attached hydrogens (tertiary/aromatic N) is 1. The standard InChI is InChI=1S/C12H24N2O3/c1-3-13-11(12(15)16)9-14(2)8-10-4-6-17-7-5-10/h10-11,13H,3-9H2,1-2H3,(H,15,16). The van der Waals surface area contributed by atoms with E-state index in [9.17, 15) is 4.79 Å². The molecule has 1 unspecified atom stereocenters. The summed E-state index contributed by atoms with van der Waals surface area (Å²) in [5.41, 5.74) is 0. The minimum absolute atomic E-state index is 0.468. The molecule has 5 heteroatoms. The molecule has 1 atom stereocenters. The molecule has 0 bridgehead atoms. The fourth-order valence-electron chi connectivity index (χ4n) is 2.23. The quantitative estimate of drug-likeness (QED) is 0.679. The van der Waals surface area contributed by atoms with Crippen molar-refractivity contribution < 1.29 is 14.6 Å². The Morgan fingerprint density at radius 3 is 2.71 bits per heavy atom. The van der Waals surface area contributed by atoms with E-state index in [2.05, 4.69) is 10.2 Å². The third kappa shape index (κ3) is 5.48. The molecular formula is C12H24N2O3. The molecule has 1 aliphatic heterocycles. The third-order valence-corrected chi connectivity index (χ3v) is 3.15. The summed E-state index contributed by atoms with van der Waals surface area (Å²) in [5.74, 6) is -0.129. The van der Waals surface area contributed by atoms with E-state index in [4.69, 9.17) is 9.84 Å². The lowest BCUT2D eigenvalue weighted by Crippen LogP contribution is -2.46. The second-order valence-corrected chi connectivity index (χ2v) is 4.73. The van der Waals surface area contributed by atoms with Gasteiger partial charge in [-0.15, -0.1) is 0 Å². The largest absolute Gasteiger partial charge is 0.480 e. The average Bonchev–Trinajstić information content (AvgIpc) is 2.29. The molecule has 2 N–H and O–H groups in total. The Kier molecular flexibility index (Phi) is 6.47. The molecule has 0 aromatic heterocycles. The average molecular weight is 244 g/mol. The summed E-state index contributed by atoms with van der Waals surface area (Å²) in [4.78, 5) is 13.1. The summed E-state index contributed by atoms with van der Waals surface area (Å²) < 4.78 is 5.31. The van der Waals surface area contributed by atoms with Crippen molar-refractivity contribution in [2.24, 2.45) is 5.92 Å². The maximum absolute atomic E-state index is 11.0. The molecular weight excluding hydrogens is 220 g/mol. The van der Waals surface area contributed by atoms with Gasteiger partial charge in [0.25, 0.3) is 0 Å². The number of hydrogen-bond acceptors (Lipinski definition) is 4. The molecule has 0 aromatic rings. The first-order valence-corrected chi connectivity index (χ1v) is 6.36. The highest BCUT2D eigenvalue weighted by Crippen LogP contribution is 2.15. The molecule has 5 nitrogen and oxygen atoms in total. The van der Waals surface area contributed by atoms with Crippen molar-refractivity contribution in [1.29, 1.82) is 0 Å². The van der Waals surface area contributed by atoms with Gasteiger partial charge in [-0.25, -0.2) is 0 Å². The van der Waals surface area contributed by atoms with Crippen molar-refractivity contribution in [3.05, 3.63) is 0 Å². The van der Waals surface area contributed by atoms with Crippen LogP contribution in [0.5, 0.6) is 0 Å². The molecule has 1 aliphatic rings. The topological polar surface area (TPSA) is 61.8 Å². The number of hydrogen-bond donors (Lipinski definition) is 2. The number of ether oxygens (including phenoxy) is 1. The monoisotopic (exact) mass is 244 g/mol. The summed E-state index contributed by atoms with van der Waals surface area (Å²) in [7, 11) is 1.99. The molecule has 1 fully saturated rings. The smallest absolute Gasteiger partial charge is 0.322 e. The molecule has 1 rings (SSSR count). The van der Waals surface area contributed by atoms with Crippen LogP contribution in [0.4, 0.5) is 0 Å². The van der Waals surface area contributed by atoms with Gasteiger partial charge in [-0.2, -0.15) is 0 Å². The Hall–Kier alpha value is -0.650. The highest BCUT2D eigenvalue weighted by molar-refractivity contribution is 5.73. The van der Waals surface area contributed by atoms with Crippen LogP contribution >= 0.6 is 0 Å². The van der Waals surface area contributed by atoms with E-state index in [1.807, 2.05) is 14.0 Å². The van der Waals surface area contributed by atoms with Crippen LogP contribution in [0.25, 0.3) is 0 Å². The highest BCUT2D eigenvalue weighted by Gasteiger charge is 2.21. The zero-order chi connectivity index (χ0) is 12.7. The number of aliphatic carboxylic acids is 1. The Bertz CT molecular complexity index is 230. The SMILES string of the molecule is CCNC(CN(C)CC1CCOCC1)C(=O)O. The van der Waals surface area contributed by atoms with Crippen molar-refractivity contribution in [2.75, 3.05) is 39.9 Å². The Morgan fingerprint density at radius 1 is 1.53 bits per heavy atom. The Morgan fingerprint density at radius 2 is 2.18 bits per heavy atom. The first kappa shape index (κ1) is 14.4. The Labute approximate surface area is 103 Å². The minimum atomic E-state index is -0.773. The van der Waals surface area contributed by atoms with Gasteiger partial charge < -0.3 is 20.1 Å². The van der Waals surface area contributed by atoms with Crippen LogP contribution in [0.1, 0.15) is 19.8 Å². The number of carbonyl (C=O) groups is 1. The second-order valence-electron chi connectivity index (χ2n) is 4.73. The first-order valence-electron chi connectivity index (χ1n) is 6.36.